The smallest absolute Gasteiger partial charge is 0.239 e. The van der Waals surface area contributed by atoms with Gasteiger partial charge in [-0.1, -0.05) is 0 Å². The van der Waals surface area contributed by atoms with Crippen LogP contribution in [0.2, 0.25) is 0 Å². The summed E-state index contributed by atoms with van der Waals surface area (Å²) in [7, 11) is -3.65. The van der Waals surface area contributed by atoms with E-state index >= 15 is 0 Å². The van der Waals surface area contributed by atoms with E-state index in [1.807, 2.05) is 0 Å². The van der Waals surface area contributed by atoms with E-state index in [9.17, 15) is 8.42 Å². The standard InChI is InChI=1S/C10H13ClN2O2S/c11-10(7-1-2-7)5-8-3-4-9(6-13-8)16(12,14)15/h3-4,6-7,10H,1-2,5H2,(H2,12,14,15). The van der Waals surface area contributed by atoms with Gasteiger partial charge < -0.3 is 0 Å². The van der Waals surface area contributed by atoms with E-state index in [2.05, 4.69) is 4.98 Å². The fourth-order valence-electron chi connectivity index (χ4n) is 1.52. The minimum absolute atomic E-state index is 0.0359. The highest BCUT2D eigenvalue weighted by molar-refractivity contribution is 7.89. The summed E-state index contributed by atoms with van der Waals surface area (Å²) in [5.41, 5.74) is 0.805. The van der Waals surface area contributed by atoms with Gasteiger partial charge in [0, 0.05) is 23.7 Å². The van der Waals surface area contributed by atoms with Gasteiger partial charge in [-0.3, -0.25) is 4.98 Å². The maximum atomic E-state index is 11.0. The molecule has 0 amide bonds. The van der Waals surface area contributed by atoms with E-state index in [4.69, 9.17) is 16.7 Å². The van der Waals surface area contributed by atoms with Crippen molar-refractivity contribution >= 4 is 21.6 Å². The topological polar surface area (TPSA) is 73.1 Å². The van der Waals surface area contributed by atoms with Crippen LogP contribution in [0.25, 0.3) is 0 Å². The number of rotatable bonds is 4. The zero-order chi connectivity index (χ0) is 11.8. The molecule has 1 unspecified atom stereocenters. The summed E-state index contributed by atoms with van der Waals surface area (Å²) in [6.07, 6.45) is 4.32. The number of nitrogens with two attached hydrogens (primary N) is 1. The second-order valence-corrected chi connectivity index (χ2v) is 6.21. The van der Waals surface area contributed by atoms with Crippen molar-refractivity contribution in [3.63, 3.8) is 0 Å². The summed E-state index contributed by atoms with van der Waals surface area (Å²) in [5, 5.41) is 5.08. The van der Waals surface area contributed by atoms with Gasteiger partial charge >= 0.3 is 0 Å². The Hall–Kier alpha value is -0.650. The third-order valence-corrected chi connectivity index (χ3v) is 4.07. The Morgan fingerprint density at radius 3 is 2.62 bits per heavy atom. The predicted molar refractivity (Wildman–Crippen MR) is 61.7 cm³/mol. The highest BCUT2D eigenvalue weighted by Gasteiger charge is 2.29. The fraction of sp³-hybridized carbons (Fsp3) is 0.500. The van der Waals surface area contributed by atoms with Crippen molar-refractivity contribution in [2.45, 2.75) is 29.5 Å². The molecule has 2 N–H and O–H groups in total. The van der Waals surface area contributed by atoms with Gasteiger partial charge in [0.2, 0.25) is 10.0 Å². The summed E-state index contributed by atoms with van der Waals surface area (Å²) >= 11 is 6.16. The van der Waals surface area contributed by atoms with Gasteiger partial charge in [0.1, 0.15) is 4.90 Å². The Kier molecular flexibility index (Phi) is 3.19. The Balaban J connectivity index is 2.07. The van der Waals surface area contributed by atoms with Crippen LogP contribution >= 0.6 is 11.6 Å². The van der Waals surface area contributed by atoms with Crippen LogP contribution in [0.1, 0.15) is 18.5 Å². The number of alkyl halides is 1. The van der Waals surface area contributed by atoms with Gasteiger partial charge in [0.05, 0.1) is 0 Å². The average Bonchev–Trinajstić information content (AvgIpc) is 3.00. The molecular formula is C10H13ClN2O2S. The fourth-order valence-corrected chi connectivity index (χ4v) is 2.39. The first-order valence-electron chi connectivity index (χ1n) is 5.08. The second kappa shape index (κ2) is 4.31. The van der Waals surface area contributed by atoms with Crippen LogP contribution in [0.15, 0.2) is 23.2 Å². The molecule has 1 aromatic heterocycles. The molecule has 1 heterocycles. The van der Waals surface area contributed by atoms with Crippen molar-refractivity contribution < 1.29 is 8.42 Å². The molecule has 1 aromatic rings. The zero-order valence-corrected chi connectivity index (χ0v) is 10.2. The van der Waals surface area contributed by atoms with Crippen molar-refractivity contribution in [2.24, 2.45) is 11.1 Å². The molecule has 2 rings (SSSR count). The van der Waals surface area contributed by atoms with E-state index in [0.717, 1.165) is 5.69 Å². The molecule has 0 aromatic carbocycles. The van der Waals surface area contributed by atoms with Crippen LogP contribution < -0.4 is 5.14 Å². The highest BCUT2D eigenvalue weighted by atomic mass is 35.5. The maximum absolute atomic E-state index is 11.0. The number of nitrogens with zero attached hydrogens (tertiary/aromatic N) is 1. The first-order chi connectivity index (χ1) is 7.47. The molecule has 1 aliphatic rings. The van der Waals surface area contributed by atoms with Crippen LogP contribution in [0.4, 0.5) is 0 Å². The van der Waals surface area contributed by atoms with Crippen LogP contribution in [-0.4, -0.2) is 18.8 Å². The van der Waals surface area contributed by atoms with Crippen molar-refractivity contribution in [2.75, 3.05) is 0 Å². The molecule has 1 saturated carbocycles. The predicted octanol–water partition coefficient (Wildman–Crippen LogP) is 1.29. The molecule has 1 fully saturated rings. The summed E-state index contributed by atoms with van der Waals surface area (Å²) in [4.78, 5) is 4.09. The summed E-state index contributed by atoms with van der Waals surface area (Å²) in [6, 6.07) is 3.13. The lowest BCUT2D eigenvalue weighted by Gasteiger charge is -2.07. The number of pyridine rings is 1. The quantitative estimate of drug-likeness (QED) is 0.829. The largest absolute Gasteiger partial charge is 0.260 e. The Morgan fingerprint density at radius 2 is 2.19 bits per heavy atom. The molecule has 0 spiro atoms. The lowest BCUT2D eigenvalue weighted by atomic mass is 10.1. The Labute approximate surface area is 99.9 Å². The number of hydrogen-bond acceptors (Lipinski definition) is 3. The number of halogens is 1. The highest BCUT2D eigenvalue weighted by Crippen LogP contribution is 2.36. The lowest BCUT2D eigenvalue weighted by Crippen LogP contribution is -2.13. The molecule has 6 heteroatoms. The van der Waals surface area contributed by atoms with Crippen LogP contribution in [0.3, 0.4) is 0 Å². The Morgan fingerprint density at radius 1 is 1.50 bits per heavy atom. The van der Waals surface area contributed by atoms with Crippen LogP contribution in [0, 0.1) is 5.92 Å². The van der Waals surface area contributed by atoms with Crippen LogP contribution in [-0.2, 0) is 16.4 Å². The van der Waals surface area contributed by atoms with E-state index in [-0.39, 0.29) is 10.3 Å². The summed E-state index contributed by atoms with van der Waals surface area (Å²) in [5.74, 6) is 0.599. The van der Waals surface area contributed by atoms with Gasteiger partial charge in [0.25, 0.3) is 0 Å². The lowest BCUT2D eigenvalue weighted by molar-refractivity contribution is 0.597. The molecule has 0 saturated heterocycles. The number of sulfonamides is 1. The van der Waals surface area contributed by atoms with Crippen molar-refractivity contribution in [1.82, 2.24) is 4.98 Å². The SMILES string of the molecule is NS(=O)(=O)c1ccc(CC(Cl)C2CC2)nc1. The third-order valence-electron chi connectivity index (χ3n) is 2.66. The molecule has 88 valence electrons. The van der Waals surface area contributed by atoms with E-state index in [1.54, 1.807) is 6.07 Å². The van der Waals surface area contributed by atoms with Crippen molar-refractivity contribution in [3.8, 4) is 0 Å². The summed E-state index contributed by atoms with van der Waals surface area (Å²) < 4.78 is 22.0. The van der Waals surface area contributed by atoms with E-state index in [0.29, 0.717) is 12.3 Å². The zero-order valence-electron chi connectivity index (χ0n) is 8.64. The van der Waals surface area contributed by atoms with Crippen molar-refractivity contribution in [1.29, 1.82) is 0 Å². The van der Waals surface area contributed by atoms with E-state index in [1.165, 1.54) is 25.1 Å². The second-order valence-electron chi connectivity index (χ2n) is 4.09. The number of aromatic nitrogens is 1. The number of hydrogen-bond donors (Lipinski definition) is 1. The van der Waals surface area contributed by atoms with Gasteiger partial charge in [-0.15, -0.1) is 11.6 Å². The first kappa shape index (κ1) is 11.8. The Bertz CT molecular complexity index is 468. The van der Waals surface area contributed by atoms with Gasteiger partial charge in [-0.25, -0.2) is 13.6 Å². The molecule has 1 atom stereocenters. The molecule has 1 aliphatic carbocycles. The van der Waals surface area contributed by atoms with Crippen LogP contribution in [0.5, 0.6) is 0 Å². The normalized spacial score (nSPS) is 18.4. The van der Waals surface area contributed by atoms with Crippen molar-refractivity contribution in [3.05, 3.63) is 24.0 Å². The maximum Gasteiger partial charge on any atom is 0.239 e. The minimum atomic E-state index is -3.65. The number of primary sulfonamides is 1. The molecule has 0 bridgehead atoms. The minimum Gasteiger partial charge on any atom is -0.260 e. The average molecular weight is 261 g/mol. The monoisotopic (exact) mass is 260 g/mol. The van der Waals surface area contributed by atoms with Gasteiger partial charge in [-0.2, -0.15) is 0 Å². The third kappa shape index (κ3) is 2.93. The summed E-state index contributed by atoms with van der Waals surface area (Å²) in [6.45, 7) is 0. The molecule has 16 heavy (non-hydrogen) atoms. The molecule has 0 radical (unpaired) electrons. The molecule has 4 nitrogen and oxygen atoms in total. The van der Waals surface area contributed by atoms with Gasteiger partial charge in [0.15, 0.2) is 0 Å². The van der Waals surface area contributed by atoms with Gasteiger partial charge in [-0.05, 0) is 30.9 Å². The molecule has 0 aliphatic heterocycles. The molecular weight excluding hydrogens is 248 g/mol. The first-order valence-corrected chi connectivity index (χ1v) is 7.07. The van der Waals surface area contributed by atoms with E-state index < -0.39 is 10.0 Å².